The van der Waals surface area contributed by atoms with E-state index in [2.05, 4.69) is 25.4 Å². The third-order valence-corrected chi connectivity index (χ3v) is 2.71. The summed E-state index contributed by atoms with van der Waals surface area (Å²) in [6.07, 6.45) is 1.34. The number of nitrogens with two attached hydrogens (primary N) is 1. The zero-order valence-corrected chi connectivity index (χ0v) is 11.0. The van der Waals surface area contributed by atoms with Gasteiger partial charge < -0.3 is 11.1 Å². The maximum atomic E-state index is 5.82. The van der Waals surface area contributed by atoms with Crippen molar-refractivity contribution in [2.45, 2.75) is 0 Å². The minimum absolute atomic E-state index is 0.207. The van der Waals surface area contributed by atoms with Gasteiger partial charge in [-0.1, -0.05) is 29.8 Å². The minimum Gasteiger partial charge on any atom is -0.368 e. The Labute approximate surface area is 119 Å². The van der Waals surface area contributed by atoms with Crippen LogP contribution in [-0.2, 0) is 0 Å². The van der Waals surface area contributed by atoms with Crippen LogP contribution in [0.4, 0.5) is 17.6 Å². The number of hydrogen-bond acceptors (Lipinski definition) is 6. The highest BCUT2D eigenvalue weighted by atomic mass is 35.5. The first-order chi connectivity index (χ1) is 9.72. The average molecular weight is 288 g/mol. The Bertz CT molecular complexity index is 726. The molecule has 20 heavy (non-hydrogen) atoms. The van der Waals surface area contributed by atoms with Crippen molar-refractivity contribution in [1.29, 1.82) is 0 Å². The summed E-state index contributed by atoms with van der Waals surface area (Å²) in [5, 5.41) is 7.59. The highest BCUT2D eigenvalue weighted by Gasteiger charge is 2.10. The van der Waals surface area contributed by atoms with Crippen molar-refractivity contribution in [3.8, 4) is 5.82 Å². The van der Waals surface area contributed by atoms with Crippen LogP contribution >= 0.6 is 11.6 Å². The average Bonchev–Trinajstić information content (AvgIpc) is 2.81. The van der Waals surface area contributed by atoms with Crippen LogP contribution in [0.3, 0.4) is 0 Å². The number of halogens is 1. The first kappa shape index (κ1) is 12.4. The van der Waals surface area contributed by atoms with Crippen LogP contribution < -0.4 is 11.1 Å². The van der Waals surface area contributed by atoms with Crippen LogP contribution in [0.5, 0.6) is 0 Å². The summed E-state index contributed by atoms with van der Waals surface area (Å²) < 4.78 is 1.39. The lowest BCUT2D eigenvalue weighted by Crippen LogP contribution is -2.04. The fourth-order valence-electron chi connectivity index (χ4n) is 1.64. The molecule has 8 heteroatoms. The number of rotatable bonds is 3. The molecule has 0 radical (unpaired) electrons. The van der Waals surface area contributed by atoms with Crippen LogP contribution in [0.1, 0.15) is 0 Å². The number of nitrogens with one attached hydrogen (secondary N) is 1. The molecular weight excluding hydrogens is 278 g/mol. The van der Waals surface area contributed by atoms with Crippen molar-refractivity contribution < 1.29 is 0 Å². The fourth-order valence-corrected chi connectivity index (χ4v) is 1.78. The molecular formula is C12H10ClN7. The lowest BCUT2D eigenvalue weighted by Gasteiger charge is -2.01. The molecule has 2 heterocycles. The molecule has 7 nitrogen and oxygen atoms in total. The number of anilines is 3. The van der Waals surface area contributed by atoms with E-state index in [1.54, 1.807) is 6.07 Å². The first-order valence-electron chi connectivity index (χ1n) is 5.75. The molecule has 0 fully saturated rings. The summed E-state index contributed by atoms with van der Waals surface area (Å²) in [6, 6.07) is 11.1. The second-order valence-corrected chi connectivity index (χ2v) is 4.28. The molecule has 0 bridgehead atoms. The largest absolute Gasteiger partial charge is 0.368 e. The van der Waals surface area contributed by atoms with Crippen molar-refractivity contribution in [1.82, 2.24) is 24.7 Å². The van der Waals surface area contributed by atoms with Gasteiger partial charge in [0, 0.05) is 11.8 Å². The van der Waals surface area contributed by atoms with E-state index in [-0.39, 0.29) is 5.95 Å². The summed E-state index contributed by atoms with van der Waals surface area (Å²) in [6.45, 7) is 0. The van der Waals surface area contributed by atoms with Crippen LogP contribution in [-0.4, -0.2) is 24.7 Å². The maximum absolute atomic E-state index is 5.82. The smallest absolute Gasteiger partial charge is 0.248 e. The van der Waals surface area contributed by atoms with E-state index in [0.717, 1.165) is 5.69 Å². The third kappa shape index (κ3) is 2.52. The van der Waals surface area contributed by atoms with E-state index in [4.69, 9.17) is 17.3 Å². The van der Waals surface area contributed by atoms with Gasteiger partial charge in [0.25, 0.3) is 0 Å². The Morgan fingerprint density at radius 2 is 1.95 bits per heavy atom. The molecule has 0 unspecified atom stereocenters. The molecule has 3 N–H and O–H groups in total. The van der Waals surface area contributed by atoms with Gasteiger partial charge in [0.1, 0.15) is 11.5 Å². The van der Waals surface area contributed by atoms with E-state index in [1.165, 1.54) is 11.0 Å². The van der Waals surface area contributed by atoms with Gasteiger partial charge in [-0.3, -0.25) is 0 Å². The third-order valence-electron chi connectivity index (χ3n) is 2.50. The summed E-state index contributed by atoms with van der Waals surface area (Å²) in [7, 11) is 0. The van der Waals surface area contributed by atoms with E-state index in [1.807, 2.05) is 30.3 Å². The summed E-state index contributed by atoms with van der Waals surface area (Å²) in [5.74, 6) is 1.04. The summed E-state index contributed by atoms with van der Waals surface area (Å²) in [5.41, 5.74) is 6.69. The molecule has 0 aliphatic carbocycles. The van der Waals surface area contributed by atoms with Gasteiger partial charge in [-0.15, -0.1) is 5.10 Å². The summed E-state index contributed by atoms with van der Waals surface area (Å²) >= 11 is 5.81. The van der Waals surface area contributed by atoms with Crippen molar-refractivity contribution >= 4 is 29.2 Å². The van der Waals surface area contributed by atoms with E-state index >= 15 is 0 Å². The highest BCUT2D eigenvalue weighted by molar-refractivity contribution is 6.29. The Kier molecular flexibility index (Phi) is 3.18. The minimum atomic E-state index is 0.207. The van der Waals surface area contributed by atoms with Gasteiger partial charge in [-0.05, 0) is 12.1 Å². The van der Waals surface area contributed by atoms with Crippen LogP contribution in [0.25, 0.3) is 5.82 Å². The Morgan fingerprint density at radius 1 is 1.15 bits per heavy atom. The normalized spacial score (nSPS) is 10.4. The van der Waals surface area contributed by atoms with E-state index in [0.29, 0.717) is 16.9 Å². The van der Waals surface area contributed by atoms with Gasteiger partial charge in [0.15, 0.2) is 5.82 Å². The molecule has 0 atom stereocenters. The maximum Gasteiger partial charge on any atom is 0.248 e. The monoisotopic (exact) mass is 287 g/mol. The van der Waals surface area contributed by atoms with Gasteiger partial charge in [-0.2, -0.15) is 9.67 Å². The number of para-hydroxylation sites is 1. The lowest BCUT2D eigenvalue weighted by atomic mass is 10.3. The van der Waals surface area contributed by atoms with E-state index < -0.39 is 0 Å². The van der Waals surface area contributed by atoms with Gasteiger partial charge in [-0.25, -0.2) is 9.97 Å². The zero-order chi connectivity index (χ0) is 13.9. The predicted molar refractivity (Wildman–Crippen MR) is 76.1 cm³/mol. The molecule has 1 aromatic carbocycles. The molecule has 0 aliphatic rings. The Morgan fingerprint density at radius 3 is 2.70 bits per heavy atom. The Balaban J connectivity index is 1.91. The molecule has 0 spiro atoms. The molecule has 0 amide bonds. The predicted octanol–water partition coefficient (Wildman–Crippen LogP) is 2.04. The molecule has 100 valence electrons. The van der Waals surface area contributed by atoms with Gasteiger partial charge in [0.2, 0.25) is 11.9 Å². The molecule has 3 aromatic rings. The van der Waals surface area contributed by atoms with Crippen molar-refractivity contribution in [3.63, 3.8) is 0 Å². The second-order valence-electron chi connectivity index (χ2n) is 3.90. The number of benzene rings is 1. The molecule has 0 saturated carbocycles. The molecule has 0 aliphatic heterocycles. The second kappa shape index (κ2) is 5.14. The zero-order valence-electron chi connectivity index (χ0n) is 10.2. The lowest BCUT2D eigenvalue weighted by molar-refractivity contribution is 0.851. The standard InChI is InChI=1S/C12H10ClN7/c13-9-6-10(16-7-15-9)20-11(14)18-12(19-20)17-8-4-2-1-3-5-8/h1-7H,(H3,14,17,18,19). The topological polar surface area (TPSA) is 94.5 Å². The molecule has 2 aromatic heterocycles. The van der Waals surface area contributed by atoms with Crippen LogP contribution in [0, 0.1) is 0 Å². The summed E-state index contributed by atoms with van der Waals surface area (Å²) in [4.78, 5) is 12.0. The van der Waals surface area contributed by atoms with Gasteiger partial charge >= 0.3 is 0 Å². The SMILES string of the molecule is Nc1nc(Nc2ccccc2)nn1-c1cc(Cl)ncn1. The number of aromatic nitrogens is 5. The molecule has 3 rings (SSSR count). The number of nitrogens with zero attached hydrogens (tertiary/aromatic N) is 5. The molecule has 0 saturated heterocycles. The fraction of sp³-hybridized carbons (Fsp3) is 0. The van der Waals surface area contributed by atoms with E-state index in [9.17, 15) is 0 Å². The Hall–Kier alpha value is -2.67. The van der Waals surface area contributed by atoms with Crippen LogP contribution in [0.15, 0.2) is 42.7 Å². The van der Waals surface area contributed by atoms with Crippen molar-refractivity contribution in [3.05, 3.63) is 47.9 Å². The van der Waals surface area contributed by atoms with Crippen molar-refractivity contribution in [2.75, 3.05) is 11.1 Å². The van der Waals surface area contributed by atoms with Gasteiger partial charge in [0.05, 0.1) is 0 Å². The quantitative estimate of drug-likeness (QED) is 0.716. The van der Waals surface area contributed by atoms with Crippen molar-refractivity contribution in [2.24, 2.45) is 0 Å². The first-order valence-corrected chi connectivity index (χ1v) is 6.13. The number of hydrogen-bond donors (Lipinski definition) is 2. The number of nitrogen functional groups attached to an aromatic ring is 1. The van der Waals surface area contributed by atoms with Crippen LogP contribution in [0.2, 0.25) is 5.15 Å². The highest BCUT2D eigenvalue weighted by Crippen LogP contribution is 2.17.